The van der Waals surface area contributed by atoms with Crippen LogP contribution in [0.1, 0.15) is 11.3 Å². The minimum atomic E-state index is 0.215. The van der Waals surface area contributed by atoms with Gasteiger partial charge in [-0.15, -0.1) is 11.3 Å². The van der Waals surface area contributed by atoms with Crippen LogP contribution < -0.4 is 5.73 Å². The van der Waals surface area contributed by atoms with Crippen molar-refractivity contribution in [2.75, 3.05) is 6.54 Å². The Morgan fingerprint density at radius 1 is 1.67 bits per heavy atom. The van der Waals surface area contributed by atoms with Crippen molar-refractivity contribution in [3.05, 3.63) is 20.8 Å². The molecule has 0 saturated heterocycles. The first kappa shape index (κ1) is 9.89. The molecule has 0 radical (unpaired) electrons. The molecule has 0 atom stereocenters. The van der Waals surface area contributed by atoms with Crippen LogP contribution in [0.2, 0.25) is 0 Å². The molecule has 4 heteroatoms. The first-order chi connectivity index (χ1) is 5.72. The molecule has 1 heterocycles. The van der Waals surface area contributed by atoms with Gasteiger partial charge in [0.15, 0.2) is 0 Å². The van der Waals surface area contributed by atoms with Gasteiger partial charge in [-0.05, 0) is 28.5 Å². The summed E-state index contributed by atoms with van der Waals surface area (Å²) in [5.74, 6) is 0.215. The predicted octanol–water partition coefficient (Wildman–Crippen LogP) is 1.97. The predicted molar refractivity (Wildman–Crippen MR) is 54.4 cm³/mol. The molecule has 0 fully saturated rings. The van der Waals surface area contributed by atoms with Gasteiger partial charge in [0.25, 0.3) is 0 Å². The lowest BCUT2D eigenvalue weighted by Crippen LogP contribution is -2.09. The number of carbonyl (C=O) groups excluding carboxylic acids is 1. The molecule has 2 nitrogen and oxygen atoms in total. The molecule has 0 aliphatic carbocycles. The summed E-state index contributed by atoms with van der Waals surface area (Å²) < 4.78 is 1.04. The van der Waals surface area contributed by atoms with E-state index in [9.17, 15) is 4.79 Å². The van der Waals surface area contributed by atoms with Crippen molar-refractivity contribution in [2.45, 2.75) is 12.8 Å². The highest BCUT2D eigenvalue weighted by atomic mass is 79.9. The minimum absolute atomic E-state index is 0.215. The summed E-state index contributed by atoms with van der Waals surface area (Å²) >= 11 is 4.93. The standard InChI is InChI=1S/C8H10BrNOS/c9-6-3-8(12-5-6)4-7(11)1-2-10/h3,5H,1-2,4,10H2. The third-order valence-electron chi connectivity index (χ3n) is 1.42. The lowest BCUT2D eigenvalue weighted by molar-refractivity contribution is -0.118. The SMILES string of the molecule is NCCC(=O)Cc1cc(Br)cs1. The van der Waals surface area contributed by atoms with E-state index in [0.29, 0.717) is 19.4 Å². The molecule has 0 aliphatic rings. The normalized spacial score (nSPS) is 10.2. The molecule has 0 aliphatic heterocycles. The van der Waals surface area contributed by atoms with Gasteiger partial charge in [-0.2, -0.15) is 0 Å². The first-order valence-corrected chi connectivity index (χ1v) is 5.34. The van der Waals surface area contributed by atoms with Crippen LogP contribution in [0, 0.1) is 0 Å². The first-order valence-electron chi connectivity index (χ1n) is 3.67. The highest BCUT2D eigenvalue weighted by Crippen LogP contribution is 2.20. The maximum Gasteiger partial charge on any atom is 0.139 e. The molecule has 2 N–H and O–H groups in total. The van der Waals surface area contributed by atoms with Gasteiger partial charge in [0, 0.05) is 27.6 Å². The molecule has 1 aromatic heterocycles. The molecule has 0 aromatic carbocycles. The third-order valence-corrected chi connectivity index (χ3v) is 3.11. The smallest absolute Gasteiger partial charge is 0.139 e. The molecule has 0 saturated carbocycles. The monoisotopic (exact) mass is 247 g/mol. The fourth-order valence-electron chi connectivity index (χ4n) is 0.890. The maximum atomic E-state index is 11.1. The Bertz CT molecular complexity index is 272. The molecule has 0 bridgehead atoms. The summed E-state index contributed by atoms with van der Waals surface area (Å²) in [6.45, 7) is 0.450. The summed E-state index contributed by atoms with van der Waals surface area (Å²) in [4.78, 5) is 12.2. The van der Waals surface area contributed by atoms with Crippen molar-refractivity contribution < 1.29 is 4.79 Å². The second kappa shape index (κ2) is 4.74. The van der Waals surface area contributed by atoms with Crippen LogP contribution in [0.25, 0.3) is 0 Å². The van der Waals surface area contributed by atoms with E-state index in [4.69, 9.17) is 5.73 Å². The zero-order valence-electron chi connectivity index (χ0n) is 6.55. The summed E-state index contributed by atoms with van der Waals surface area (Å²) in [5.41, 5.74) is 5.26. The molecular formula is C8H10BrNOS. The second-order valence-corrected chi connectivity index (χ2v) is 4.40. The van der Waals surface area contributed by atoms with Gasteiger partial charge >= 0.3 is 0 Å². The van der Waals surface area contributed by atoms with Crippen LogP contribution in [-0.2, 0) is 11.2 Å². The van der Waals surface area contributed by atoms with Crippen LogP contribution in [0.15, 0.2) is 15.9 Å². The van der Waals surface area contributed by atoms with E-state index in [-0.39, 0.29) is 5.78 Å². The molecule has 1 rings (SSSR count). The lowest BCUT2D eigenvalue weighted by Gasteiger charge is -1.94. The topological polar surface area (TPSA) is 43.1 Å². The van der Waals surface area contributed by atoms with E-state index >= 15 is 0 Å². The summed E-state index contributed by atoms with van der Waals surface area (Å²) in [5, 5.41) is 1.98. The average molecular weight is 248 g/mol. The van der Waals surface area contributed by atoms with Gasteiger partial charge in [-0.25, -0.2) is 0 Å². The summed E-state index contributed by atoms with van der Waals surface area (Å²) in [7, 11) is 0. The van der Waals surface area contributed by atoms with Gasteiger partial charge in [0.2, 0.25) is 0 Å². The lowest BCUT2D eigenvalue weighted by atomic mass is 10.2. The molecule has 1 aromatic rings. The van der Waals surface area contributed by atoms with Crippen LogP contribution in [0.3, 0.4) is 0 Å². The number of halogens is 1. The van der Waals surface area contributed by atoms with Crippen molar-refractivity contribution >= 4 is 33.0 Å². The number of ketones is 1. The fraction of sp³-hybridized carbons (Fsp3) is 0.375. The quantitative estimate of drug-likeness (QED) is 0.885. The van der Waals surface area contributed by atoms with E-state index < -0.39 is 0 Å². The van der Waals surface area contributed by atoms with Gasteiger partial charge < -0.3 is 5.73 Å². The van der Waals surface area contributed by atoms with Crippen LogP contribution in [0.5, 0.6) is 0 Å². The van der Waals surface area contributed by atoms with Crippen LogP contribution in [-0.4, -0.2) is 12.3 Å². The number of nitrogens with two attached hydrogens (primary N) is 1. The highest BCUT2D eigenvalue weighted by molar-refractivity contribution is 9.10. The van der Waals surface area contributed by atoms with Crippen molar-refractivity contribution in [2.24, 2.45) is 5.73 Å². The van der Waals surface area contributed by atoms with E-state index in [2.05, 4.69) is 15.9 Å². The van der Waals surface area contributed by atoms with E-state index in [1.54, 1.807) is 11.3 Å². The number of carbonyl (C=O) groups is 1. The number of hydrogen-bond acceptors (Lipinski definition) is 3. The third kappa shape index (κ3) is 3.05. The Morgan fingerprint density at radius 3 is 2.92 bits per heavy atom. The molecule has 12 heavy (non-hydrogen) atoms. The van der Waals surface area contributed by atoms with Crippen molar-refractivity contribution in [1.82, 2.24) is 0 Å². The fourth-order valence-corrected chi connectivity index (χ4v) is 2.37. The zero-order valence-corrected chi connectivity index (χ0v) is 8.95. The number of thiophene rings is 1. The molecule has 66 valence electrons. The number of Topliss-reactive ketones (excluding diaryl/α,β-unsaturated/α-hetero) is 1. The molecule has 0 spiro atoms. The molecule has 0 unspecified atom stereocenters. The van der Waals surface area contributed by atoms with Gasteiger partial charge in [0.05, 0.1) is 0 Å². The molecular weight excluding hydrogens is 238 g/mol. The van der Waals surface area contributed by atoms with Gasteiger partial charge in [-0.3, -0.25) is 4.79 Å². The summed E-state index contributed by atoms with van der Waals surface area (Å²) in [6, 6.07) is 1.97. The van der Waals surface area contributed by atoms with E-state index in [1.807, 2.05) is 11.4 Å². The Kier molecular flexibility index (Phi) is 3.91. The van der Waals surface area contributed by atoms with Gasteiger partial charge in [-0.1, -0.05) is 0 Å². The average Bonchev–Trinajstić information content (AvgIpc) is 2.36. The van der Waals surface area contributed by atoms with Crippen LogP contribution in [0.4, 0.5) is 0 Å². The Balaban J connectivity index is 2.46. The number of rotatable bonds is 4. The highest BCUT2D eigenvalue weighted by Gasteiger charge is 2.04. The summed E-state index contributed by atoms with van der Waals surface area (Å²) in [6.07, 6.45) is 1.00. The van der Waals surface area contributed by atoms with E-state index in [1.165, 1.54) is 0 Å². The Labute approximate surface area is 83.9 Å². The largest absolute Gasteiger partial charge is 0.330 e. The zero-order chi connectivity index (χ0) is 8.97. The van der Waals surface area contributed by atoms with Crippen LogP contribution >= 0.6 is 27.3 Å². The van der Waals surface area contributed by atoms with Crippen molar-refractivity contribution in [3.63, 3.8) is 0 Å². The number of hydrogen-bond donors (Lipinski definition) is 1. The molecule has 0 amide bonds. The maximum absolute atomic E-state index is 11.1. The Morgan fingerprint density at radius 2 is 2.42 bits per heavy atom. The Hall–Kier alpha value is -0.190. The van der Waals surface area contributed by atoms with E-state index in [0.717, 1.165) is 9.35 Å². The van der Waals surface area contributed by atoms with Crippen molar-refractivity contribution in [3.8, 4) is 0 Å². The minimum Gasteiger partial charge on any atom is -0.330 e. The second-order valence-electron chi connectivity index (χ2n) is 2.49. The van der Waals surface area contributed by atoms with Crippen molar-refractivity contribution in [1.29, 1.82) is 0 Å². The van der Waals surface area contributed by atoms with Gasteiger partial charge in [0.1, 0.15) is 5.78 Å².